The van der Waals surface area contributed by atoms with Crippen molar-refractivity contribution < 1.29 is 9.72 Å². The van der Waals surface area contributed by atoms with Crippen LogP contribution in [0.15, 0.2) is 12.3 Å². The van der Waals surface area contributed by atoms with Crippen LogP contribution in [0.1, 0.15) is 5.56 Å². The zero-order valence-electron chi connectivity index (χ0n) is 8.95. The van der Waals surface area contributed by atoms with Crippen LogP contribution in [-0.4, -0.2) is 27.2 Å². The third kappa shape index (κ3) is 3.42. The Morgan fingerprint density at radius 2 is 2.53 bits per heavy atom. The Morgan fingerprint density at radius 3 is 3.12 bits per heavy atom. The van der Waals surface area contributed by atoms with Crippen molar-refractivity contribution in [1.82, 2.24) is 15.1 Å². The summed E-state index contributed by atoms with van der Waals surface area (Å²) in [7, 11) is 1.54. The number of hydrogen-bond acceptors (Lipinski definition) is 5. The van der Waals surface area contributed by atoms with Gasteiger partial charge in [0.1, 0.15) is 6.54 Å². The SMILES string of the molecule is Cn1cc(/C=C/C(=O)NCC#N)c([N+](=O)[O-])n1. The first-order chi connectivity index (χ1) is 8.04. The largest absolute Gasteiger partial charge is 0.397 e. The smallest absolute Gasteiger partial charge is 0.358 e. The highest BCUT2D eigenvalue weighted by Gasteiger charge is 2.16. The van der Waals surface area contributed by atoms with E-state index < -0.39 is 10.8 Å². The number of amides is 1. The molecular formula is C9H9N5O3. The molecule has 1 rings (SSSR count). The lowest BCUT2D eigenvalue weighted by Crippen LogP contribution is -2.20. The molecule has 0 aliphatic rings. The molecule has 0 spiro atoms. The Kier molecular flexibility index (Phi) is 3.94. The molecule has 1 aromatic rings. The fraction of sp³-hybridized carbons (Fsp3) is 0.222. The molecule has 1 heterocycles. The zero-order valence-corrected chi connectivity index (χ0v) is 8.95. The van der Waals surface area contributed by atoms with Crippen LogP contribution < -0.4 is 5.32 Å². The van der Waals surface area contributed by atoms with Crippen molar-refractivity contribution >= 4 is 17.8 Å². The van der Waals surface area contributed by atoms with Crippen molar-refractivity contribution in [3.8, 4) is 6.07 Å². The molecule has 0 fully saturated rings. The van der Waals surface area contributed by atoms with Gasteiger partial charge in [-0.2, -0.15) is 9.94 Å². The number of carbonyl (C=O) groups excluding carboxylic acids is 1. The standard InChI is InChI=1S/C9H9N5O3/c1-13-6-7(9(12-13)14(16)17)2-3-8(15)11-5-4-10/h2-3,6H,5H2,1H3,(H,11,15)/b3-2+. The molecule has 0 saturated carbocycles. The van der Waals surface area contributed by atoms with Crippen LogP contribution in [0.5, 0.6) is 0 Å². The molecule has 1 N–H and O–H groups in total. The van der Waals surface area contributed by atoms with Crippen LogP contribution in [0, 0.1) is 21.4 Å². The van der Waals surface area contributed by atoms with Gasteiger partial charge in [0, 0.05) is 6.08 Å². The van der Waals surface area contributed by atoms with Crippen molar-refractivity contribution in [2.45, 2.75) is 0 Å². The summed E-state index contributed by atoms with van der Waals surface area (Å²) >= 11 is 0. The normalized spacial score (nSPS) is 10.1. The van der Waals surface area contributed by atoms with Crippen LogP contribution in [0.3, 0.4) is 0 Å². The number of hydrogen-bond donors (Lipinski definition) is 1. The minimum Gasteiger partial charge on any atom is -0.358 e. The van der Waals surface area contributed by atoms with Gasteiger partial charge in [-0.1, -0.05) is 0 Å². The second-order valence-corrected chi connectivity index (χ2v) is 3.05. The Balaban J connectivity index is 2.81. The van der Waals surface area contributed by atoms with E-state index >= 15 is 0 Å². The van der Waals surface area contributed by atoms with E-state index in [1.54, 1.807) is 13.1 Å². The van der Waals surface area contributed by atoms with E-state index in [0.29, 0.717) is 0 Å². The lowest BCUT2D eigenvalue weighted by Gasteiger charge is -1.92. The average Bonchev–Trinajstić information content (AvgIpc) is 2.65. The Labute approximate surface area is 96.3 Å². The van der Waals surface area contributed by atoms with Crippen LogP contribution in [0.25, 0.3) is 6.08 Å². The number of nitro groups is 1. The van der Waals surface area contributed by atoms with E-state index in [-0.39, 0.29) is 17.9 Å². The molecule has 88 valence electrons. The van der Waals surface area contributed by atoms with E-state index in [1.165, 1.54) is 17.0 Å². The molecule has 0 atom stereocenters. The Hall–Kier alpha value is -2.69. The number of carbonyl (C=O) groups is 1. The van der Waals surface area contributed by atoms with Crippen LogP contribution in [0.4, 0.5) is 5.82 Å². The highest BCUT2D eigenvalue weighted by molar-refractivity contribution is 5.92. The van der Waals surface area contributed by atoms with Gasteiger partial charge >= 0.3 is 5.82 Å². The van der Waals surface area contributed by atoms with Gasteiger partial charge in [-0.15, -0.1) is 0 Å². The quantitative estimate of drug-likeness (QED) is 0.341. The predicted octanol–water partition coefficient (Wildman–Crippen LogP) is -0.0187. The molecule has 0 aromatic carbocycles. The summed E-state index contributed by atoms with van der Waals surface area (Å²) in [6, 6.07) is 1.74. The molecule has 8 heteroatoms. The first-order valence-corrected chi connectivity index (χ1v) is 4.55. The molecule has 0 radical (unpaired) electrons. The van der Waals surface area contributed by atoms with Crippen LogP contribution >= 0.6 is 0 Å². The lowest BCUT2D eigenvalue weighted by molar-refractivity contribution is -0.390. The van der Waals surface area contributed by atoms with E-state index in [2.05, 4.69) is 10.4 Å². The van der Waals surface area contributed by atoms with Crippen molar-refractivity contribution in [1.29, 1.82) is 5.26 Å². The molecule has 0 aliphatic heterocycles. The fourth-order valence-electron chi connectivity index (χ4n) is 1.11. The molecule has 17 heavy (non-hydrogen) atoms. The minimum absolute atomic E-state index is 0.113. The summed E-state index contributed by atoms with van der Waals surface area (Å²) in [5.74, 6) is -0.818. The Bertz CT molecular complexity index is 511. The summed E-state index contributed by atoms with van der Waals surface area (Å²) < 4.78 is 1.28. The molecule has 8 nitrogen and oxygen atoms in total. The minimum atomic E-state index is -0.632. The highest BCUT2D eigenvalue weighted by atomic mass is 16.6. The first kappa shape index (κ1) is 12.4. The predicted molar refractivity (Wildman–Crippen MR) is 57.5 cm³/mol. The molecule has 1 aromatic heterocycles. The third-order valence-electron chi connectivity index (χ3n) is 1.77. The van der Waals surface area contributed by atoms with Gasteiger partial charge in [-0.3, -0.25) is 4.79 Å². The molecule has 0 bridgehead atoms. The van der Waals surface area contributed by atoms with Gasteiger partial charge in [0.25, 0.3) is 0 Å². The van der Waals surface area contributed by atoms with Gasteiger partial charge < -0.3 is 15.4 Å². The van der Waals surface area contributed by atoms with Gasteiger partial charge in [0.15, 0.2) is 0 Å². The zero-order chi connectivity index (χ0) is 12.8. The van der Waals surface area contributed by atoms with Gasteiger partial charge in [-0.05, 0) is 11.0 Å². The monoisotopic (exact) mass is 235 g/mol. The van der Waals surface area contributed by atoms with Crippen molar-refractivity contribution in [3.63, 3.8) is 0 Å². The number of nitrogens with one attached hydrogen (secondary N) is 1. The number of nitrogens with zero attached hydrogens (tertiary/aromatic N) is 4. The summed E-state index contributed by atoms with van der Waals surface area (Å²) in [6.45, 7) is -0.113. The highest BCUT2D eigenvalue weighted by Crippen LogP contribution is 2.16. The topological polar surface area (TPSA) is 114 Å². The van der Waals surface area contributed by atoms with Crippen LogP contribution in [0.2, 0.25) is 0 Å². The van der Waals surface area contributed by atoms with E-state index in [9.17, 15) is 14.9 Å². The van der Waals surface area contributed by atoms with Crippen molar-refractivity contribution in [2.24, 2.45) is 7.05 Å². The summed E-state index contributed by atoms with van der Waals surface area (Å²) in [5, 5.41) is 24.7. The maximum Gasteiger partial charge on any atom is 0.397 e. The summed E-state index contributed by atoms with van der Waals surface area (Å²) in [4.78, 5) is 21.1. The van der Waals surface area contributed by atoms with Gasteiger partial charge in [0.05, 0.1) is 30.0 Å². The van der Waals surface area contributed by atoms with Crippen LogP contribution in [-0.2, 0) is 11.8 Å². The summed E-state index contributed by atoms with van der Waals surface area (Å²) in [5.41, 5.74) is 0.226. The molecule has 0 aliphatic carbocycles. The van der Waals surface area contributed by atoms with Gasteiger partial charge in [-0.25, -0.2) is 0 Å². The van der Waals surface area contributed by atoms with E-state index in [1.807, 2.05) is 0 Å². The Morgan fingerprint density at radius 1 is 1.82 bits per heavy atom. The lowest BCUT2D eigenvalue weighted by atomic mass is 10.3. The number of aromatic nitrogens is 2. The molecular weight excluding hydrogens is 226 g/mol. The number of nitriles is 1. The second-order valence-electron chi connectivity index (χ2n) is 3.05. The average molecular weight is 235 g/mol. The van der Waals surface area contributed by atoms with Crippen molar-refractivity contribution in [3.05, 3.63) is 28.0 Å². The van der Waals surface area contributed by atoms with Gasteiger partial charge in [0.2, 0.25) is 5.91 Å². The maximum absolute atomic E-state index is 11.1. The maximum atomic E-state index is 11.1. The molecule has 0 unspecified atom stereocenters. The van der Waals surface area contributed by atoms with E-state index in [0.717, 1.165) is 6.08 Å². The third-order valence-corrected chi connectivity index (χ3v) is 1.77. The number of rotatable bonds is 4. The summed E-state index contributed by atoms with van der Waals surface area (Å²) in [6.07, 6.45) is 3.81. The number of aryl methyl sites for hydroxylation is 1. The molecule has 0 saturated heterocycles. The first-order valence-electron chi connectivity index (χ1n) is 4.55. The molecule has 1 amide bonds. The second kappa shape index (κ2) is 5.41. The van der Waals surface area contributed by atoms with E-state index in [4.69, 9.17) is 5.26 Å². The van der Waals surface area contributed by atoms with Crippen molar-refractivity contribution in [2.75, 3.05) is 6.54 Å². The fourth-order valence-corrected chi connectivity index (χ4v) is 1.11.